The zero-order valence-electron chi connectivity index (χ0n) is 8.55. The first-order valence-electron chi connectivity index (χ1n) is 4.92. The number of allylic oxidation sites excluding steroid dienone is 4. The summed E-state index contributed by atoms with van der Waals surface area (Å²) in [4.78, 5) is 11.7. The van der Waals surface area contributed by atoms with Crippen LogP contribution in [0.2, 0.25) is 0 Å². The minimum atomic E-state index is 0.183. The molecule has 1 nitrogen and oxygen atoms in total. The molecule has 2 aliphatic carbocycles. The summed E-state index contributed by atoms with van der Waals surface area (Å²) in [5.41, 5.74) is 2.79. The van der Waals surface area contributed by atoms with Crippen molar-refractivity contribution in [2.45, 2.75) is 33.6 Å². The Hall–Kier alpha value is -0.850. The van der Waals surface area contributed by atoms with Gasteiger partial charge in [0, 0.05) is 5.92 Å². The van der Waals surface area contributed by atoms with E-state index in [0.29, 0.717) is 5.78 Å². The molecular formula is C12H16O. The number of ketones is 1. The van der Waals surface area contributed by atoms with E-state index in [0.717, 1.165) is 12.8 Å². The van der Waals surface area contributed by atoms with Gasteiger partial charge >= 0.3 is 0 Å². The Morgan fingerprint density at radius 3 is 2.85 bits per heavy atom. The molecule has 0 saturated carbocycles. The van der Waals surface area contributed by atoms with Crippen LogP contribution in [0.25, 0.3) is 0 Å². The van der Waals surface area contributed by atoms with Gasteiger partial charge in [-0.2, -0.15) is 0 Å². The Balaban J connectivity index is 2.46. The van der Waals surface area contributed by atoms with Crippen LogP contribution in [0.4, 0.5) is 0 Å². The number of carbonyl (C=O) groups is 1. The summed E-state index contributed by atoms with van der Waals surface area (Å²) in [6.45, 7) is 6.43. The third kappa shape index (κ3) is 1.18. The summed E-state index contributed by atoms with van der Waals surface area (Å²) in [5, 5.41) is 0. The van der Waals surface area contributed by atoms with Crippen LogP contribution >= 0.6 is 0 Å². The van der Waals surface area contributed by atoms with Crippen LogP contribution in [0.5, 0.6) is 0 Å². The maximum absolute atomic E-state index is 11.7. The summed E-state index contributed by atoms with van der Waals surface area (Å²) < 4.78 is 0. The van der Waals surface area contributed by atoms with Gasteiger partial charge in [0.05, 0.1) is 0 Å². The van der Waals surface area contributed by atoms with E-state index < -0.39 is 0 Å². The summed E-state index contributed by atoms with van der Waals surface area (Å²) in [6, 6.07) is 0. The maximum atomic E-state index is 11.7. The second-order valence-corrected chi connectivity index (χ2v) is 4.70. The van der Waals surface area contributed by atoms with E-state index in [9.17, 15) is 4.79 Å². The van der Waals surface area contributed by atoms with Crippen molar-refractivity contribution in [3.05, 3.63) is 23.3 Å². The molecule has 0 saturated heterocycles. The van der Waals surface area contributed by atoms with Gasteiger partial charge in [0.25, 0.3) is 0 Å². The fraction of sp³-hybridized carbons (Fsp3) is 0.583. The van der Waals surface area contributed by atoms with Crippen molar-refractivity contribution in [2.24, 2.45) is 11.3 Å². The van der Waals surface area contributed by atoms with E-state index in [2.05, 4.69) is 26.8 Å². The normalized spacial score (nSPS) is 38.4. The lowest BCUT2D eigenvalue weighted by atomic mass is 9.63. The molecule has 0 fully saturated rings. The van der Waals surface area contributed by atoms with E-state index in [-0.39, 0.29) is 11.3 Å². The molecule has 2 unspecified atom stereocenters. The molecule has 0 aromatic carbocycles. The molecule has 0 spiro atoms. The van der Waals surface area contributed by atoms with E-state index in [1.807, 2.05) is 6.08 Å². The molecule has 0 amide bonds. The van der Waals surface area contributed by atoms with Crippen LogP contribution in [0.15, 0.2) is 23.3 Å². The molecule has 2 bridgehead atoms. The fourth-order valence-corrected chi connectivity index (χ4v) is 2.36. The van der Waals surface area contributed by atoms with Crippen molar-refractivity contribution in [2.75, 3.05) is 0 Å². The lowest BCUT2D eigenvalue weighted by molar-refractivity contribution is -0.119. The molecule has 0 radical (unpaired) electrons. The predicted molar refractivity (Wildman–Crippen MR) is 53.4 cm³/mol. The molecule has 0 aromatic rings. The average molecular weight is 176 g/mol. The maximum Gasteiger partial charge on any atom is 0.162 e. The Kier molecular flexibility index (Phi) is 1.73. The molecule has 0 N–H and O–H groups in total. The number of hydrogen-bond acceptors (Lipinski definition) is 1. The Morgan fingerprint density at radius 1 is 1.46 bits per heavy atom. The molecule has 2 atom stereocenters. The zero-order valence-corrected chi connectivity index (χ0v) is 8.55. The first-order chi connectivity index (χ1) is 6.03. The van der Waals surface area contributed by atoms with E-state index in [4.69, 9.17) is 0 Å². The highest BCUT2D eigenvalue weighted by atomic mass is 16.1. The van der Waals surface area contributed by atoms with Gasteiger partial charge in [-0.1, -0.05) is 24.1 Å². The van der Waals surface area contributed by atoms with Gasteiger partial charge in [-0.15, -0.1) is 0 Å². The molecular weight excluding hydrogens is 160 g/mol. The van der Waals surface area contributed by atoms with Crippen molar-refractivity contribution < 1.29 is 4.79 Å². The highest BCUT2D eigenvalue weighted by Crippen LogP contribution is 2.47. The molecule has 2 rings (SSSR count). The lowest BCUT2D eigenvalue weighted by Crippen LogP contribution is -2.34. The van der Waals surface area contributed by atoms with Gasteiger partial charge < -0.3 is 0 Å². The Bertz CT molecular complexity index is 322. The van der Waals surface area contributed by atoms with Crippen molar-refractivity contribution >= 4 is 5.78 Å². The first-order valence-corrected chi connectivity index (χ1v) is 4.92. The summed E-state index contributed by atoms with van der Waals surface area (Å²) in [5.74, 6) is 0.492. The number of fused-ring (bicyclic) bond motifs is 2. The third-order valence-corrected chi connectivity index (χ3v) is 3.73. The highest BCUT2D eigenvalue weighted by Gasteiger charge is 2.39. The zero-order chi connectivity index (χ0) is 9.64. The van der Waals surface area contributed by atoms with Crippen LogP contribution in [-0.4, -0.2) is 5.78 Å². The number of hydrogen-bond donors (Lipinski definition) is 0. The van der Waals surface area contributed by atoms with Crippen molar-refractivity contribution in [3.8, 4) is 0 Å². The quantitative estimate of drug-likeness (QED) is 0.519. The second kappa shape index (κ2) is 2.57. The topological polar surface area (TPSA) is 17.1 Å². The van der Waals surface area contributed by atoms with Crippen LogP contribution in [-0.2, 0) is 4.79 Å². The Labute approximate surface area is 79.5 Å². The molecule has 70 valence electrons. The van der Waals surface area contributed by atoms with Crippen LogP contribution in [0.1, 0.15) is 33.6 Å². The van der Waals surface area contributed by atoms with Crippen LogP contribution in [0, 0.1) is 11.3 Å². The first kappa shape index (κ1) is 8.74. The van der Waals surface area contributed by atoms with E-state index >= 15 is 0 Å². The highest BCUT2D eigenvalue weighted by molar-refractivity contribution is 5.95. The van der Waals surface area contributed by atoms with Gasteiger partial charge in [-0.05, 0) is 38.2 Å². The smallest absolute Gasteiger partial charge is 0.162 e. The molecule has 1 heteroatoms. The molecule has 13 heavy (non-hydrogen) atoms. The molecule has 0 heterocycles. The van der Waals surface area contributed by atoms with Crippen LogP contribution in [0.3, 0.4) is 0 Å². The lowest BCUT2D eigenvalue weighted by Gasteiger charge is -2.40. The minimum absolute atomic E-state index is 0.183. The fourth-order valence-electron chi connectivity index (χ4n) is 2.36. The predicted octanol–water partition coefficient (Wildman–Crippen LogP) is 2.88. The summed E-state index contributed by atoms with van der Waals surface area (Å²) in [7, 11) is 0. The van der Waals surface area contributed by atoms with Crippen molar-refractivity contribution in [3.63, 3.8) is 0 Å². The van der Waals surface area contributed by atoms with Gasteiger partial charge in [0.2, 0.25) is 0 Å². The van der Waals surface area contributed by atoms with Gasteiger partial charge in [0.1, 0.15) is 0 Å². The monoisotopic (exact) mass is 176 g/mol. The van der Waals surface area contributed by atoms with Crippen molar-refractivity contribution in [1.82, 2.24) is 0 Å². The SMILES string of the molecule is CC1=CCC2(C)CC1C(=O)C=C2C. The van der Waals surface area contributed by atoms with E-state index in [1.54, 1.807) is 0 Å². The average Bonchev–Trinajstić information content (AvgIpc) is 2.07. The van der Waals surface area contributed by atoms with Crippen LogP contribution < -0.4 is 0 Å². The second-order valence-electron chi connectivity index (χ2n) is 4.70. The molecule has 2 aliphatic rings. The Morgan fingerprint density at radius 2 is 2.15 bits per heavy atom. The van der Waals surface area contributed by atoms with Gasteiger partial charge in [-0.3, -0.25) is 4.79 Å². The largest absolute Gasteiger partial charge is 0.294 e. The van der Waals surface area contributed by atoms with Gasteiger partial charge in [-0.25, -0.2) is 0 Å². The molecule has 0 aliphatic heterocycles. The number of carbonyl (C=O) groups excluding carboxylic acids is 1. The third-order valence-electron chi connectivity index (χ3n) is 3.73. The van der Waals surface area contributed by atoms with E-state index in [1.165, 1.54) is 11.1 Å². The standard InChI is InChI=1S/C12H16O/c1-8-4-5-12(3)7-10(8)11(13)6-9(12)2/h4,6,10H,5,7H2,1-3H3. The summed E-state index contributed by atoms with van der Waals surface area (Å²) in [6.07, 6.45) is 6.22. The van der Waals surface area contributed by atoms with Gasteiger partial charge in [0.15, 0.2) is 5.78 Å². The number of rotatable bonds is 0. The minimum Gasteiger partial charge on any atom is -0.294 e. The van der Waals surface area contributed by atoms with Crippen molar-refractivity contribution in [1.29, 1.82) is 0 Å². The molecule has 0 aromatic heterocycles. The summed E-state index contributed by atoms with van der Waals surface area (Å²) >= 11 is 0.